The number of hydrogen-bond acceptors (Lipinski definition) is 3. The highest BCUT2D eigenvalue weighted by Crippen LogP contribution is 2.30. The van der Waals surface area contributed by atoms with Crippen molar-refractivity contribution in [2.75, 3.05) is 18.0 Å². The van der Waals surface area contributed by atoms with Gasteiger partial charge in [-0.2, -0.15) is 0 Å². The summed E-state index contributed by atoms with van der Waals surface area (Å²) in [5.41, 5.74) is 2.49. The van der Waals surface area contributed by atoms with E-state index in [-0.39, 0.29) is 0 Å². The van der Waals surface area contributed by atoms with Crippen LogP contribution in [-0.2, 0) is 0 Å². The predicted molar refractivity (Wildman–Crippen MR) is 70.2 cm³/mol. The summed E-state index contributed by atoms with van der Waals surface area (Å²) in [7, 11) is 0. The van der Waals surface area contributed by atoms with Crippen molar-refractivity contribution in [2.45, 2.75) is 12.8 Å². The van der Waals surface area contributed by atoms with Gasteiger partial charge in [0, 0.05) is 13.1 Å². The molecule has 0 aliphatic carbocycles. The molecule has 2 heterocycles. The lowest BCUT2D eigenvalue weighted by Crippen LogP contribution is -2.30. The molecule has 16 heavy (non-hydrogen) atoms. The zero-order valence-corrected chi connectivity index (χ0v) is 9.96. The van der Waals surface area contributed by atoms with E-state index in [0.717, 1.165) is 36.6 Å². The summed E-state index contributed by atoms with van der Waals surface area (Å²) in [5, 5.41) is 1.16. The van der Waals surface area contributed by atoms with Crippen LogP contribution in [0.4, 0.5) is 5.13 Å². The van der Waals surface area contributed by atoms with Gasteiger partial charge in [-0.25, -0.2) is 4.98 Å². The Morgan fingerprint density at radius 2 is 1.94 bits per heavy atom. The molecule has 0 spiro atoms. The number of nitrogens with zero attached hydrogens (tertiary/aromatic N) is 2. The molecule has 0 bridgehead atoms. The average Bonchev–Trinajstić information content (AvgIpc) is 2.73. The first-order chi connectivity index (χ1) is 7.83. The minimum Gasteiger partial charge on any atom is -0.347 e. The third-order valence-electron chi connectivity index (χ3n) is 3.02. The smallest absolute Gasteiger partial charge is 0.186 e. The topological polar surface area (TPSA) is 16.1 Å². The quantitative estimate of drug-likeness (QED) is 0.697. The van der Waals surface area contributed by atoms with Crippen LogP contribution < -0.4 is 4.90 Å². The van der Waals surface area contributed by atoms with Gasteiger partial charge in [0.2, 0.25) is 0 Å². The second-order valence-corrected chi connectivity index (χ2v) is 5.21. The molecular weight excluding hydrogens is 216 g/mol. The van der Waals surface area contributed by atoms with E-state index in [4.69, 9.17) is 0 Å². The Morgan fingerprint density at radius 3 is 2.69 bits per heavy atom. The molecule has 2 nitrogen and oxygen atoms in total. The Kier molecular flexibility index (Phi) is 2.40. The van der Waals surface area contributed by atoms with Gasteiger partial charge in [0.15, 0.2) is 5.13 Å². The first-order valence-corrected chi connectivity index (χ1v) is 6.42. The van der Waals surface area contributed by atoms with Crippen LogP contribution in [0.25, 0.3) is 10.2 Å². The monoisotopic (exact) mass is 230 g/mol. The number of fused-ring (bicyclic) bond motifs is 1. The second kappa shape index (κ2) is 3.91. The van der Waals surface area contributed by atoms with Crippen LogP contribution in [0.5, 0.6) is 0 Å². The van der Waals surface area contributed by atoms with Crippen LogP contribution in [-0.4, -0.2) is 18.1 Å². The molecule has 1 aromatic carbocycles. The molecular formula is C13H14N2S. The number of aromatic nitrogens is 1. The number of thiazole rings is 1. The molecule has 2 aromatic rings. The van der Waals surface area contributed by atoms with E-state index in [9.17, 15) is 0 Å². The van der Waals surface area contributed by atoms with Gasteiger partial charge in [0.05, 0.1) is 10.2 Å². The molecule has 0 radical (unpaired) electrons. The Balaban J connectivity index is 1.91. The molecule has 0 N–H and O–H groups in total. The fourth-order valence-corrected chi connectivity index (χ4v) is 3.03. The van der Waals surface area contributed by atoms with Crippen molar-refractivity contribution in [1.29, 1.82) is 0 Å². The first kappa shape index (κ1) is 9.85. The van der Waals surface area contributed by atoms with Crippen LogP contribution >= 0.6 is 11.3 Å². The largest absolute Gasteiger partial charge is 0.347 e. The van der Waals surface area contributed by atoms with E-state index in [1.165, 1.54) is 10.3 Å². The van der Waals surface area contributed by atoms with Gasteiger partial charge >= 0.3 is 0 Å². The molecule has 1 saturated heterocycles. The fourth-order valence-electron chi connectivity index (χ4n) is 2.01. The van der Waals surface area contributed by atoms with E-state index >= 15 is 0 Å². The SMILES string of the molecule is C=C1CCN(c2nc3ccccc3s2)CC1. The standard InChI is InChI=1S/C13H14N2S/c1-10-6-8-15(9-7-10)13-14-11-4-2-3-5-12(11)16-13/h2-5H,1,6-9H2. The molecule has 0 saturated carbocycles. The maximum atomic E-state index is 4.68. The van der Waals surface area contributed by atoms with Crippen molar-refractivity contribution < 1.29 is 0 Å². The summed E-state index contributed by atoms with van der Waals surface area (Å²) in [6.45, 7) is 6.18. The molecule has 0 unspecified atom stereocenters. The van der Waals surface area contributed by atoms with Gasteiger partial charge in [-0.15, -0.1) is 0 Å². The van der Waals surface area contributed by atoms with Crippen molar-refractivity contribution in [3.63, 3.8) is 0 Å². The molecule has 1 aliphatic heterocycles. The minimum absolute atomic E-state index is 1.07. The normalized spacial score (nSPS) is 17.0. The number of anilines is 1. The highest BCUT2D eigenvalue weighted by Gasteiger charge is 2.16. The molecule has 1 aliphatic rings. The third-order valence-corrected chi connectivity index (χ3v) is 4.12. The zero-order chi connectivity index (χ0) is 11.0. The summed E-state index contributed by atoms with van der Waals surface area (Å²) in [6, 6.07) is 8.34. The van der Waals surface area contributed by atoms with Crippen LogP contribution in [0.3, 0.4) is 0 Å². The lowest BCUT2D eigenvalue weighted by atomic mass is 10.1. The van der Waals surface area contributed by atoms with Gasteiger partial charge in [-0.05, 0) is 25.0 Å². The van der Waals surface area contributed by atoms with Crippen LogP contribution in [0.1, 0.15) is 12.8 Å². The summed E-state index contributed by atoms with van der Waals surface area (Å²) in [4.78, 5) is 7.05. The maximum absolute atomic E-state index is 4.68. The van der Waals surface area contributed by atoms with Crippen LogP contribution in [0.15, 0.2) is 36.4 Å². The lowest BCUT2D eigenvalue weighted by Gasteiger charge is -2.27. The number of hydrogen-bond donors (Lipinski definition) is 0. The summed E-state index contributed by atoms with van der Waals surface area (Å²) in [5.74, 6) is 0. The van der Waals surface area contributed by atoms with Crippen molar-refractivity contribution in [3.8, 4) is 0 Å². The van der Waals surface area contributed by atoms with E-state index in [1.807, 2.05) is 6.07 Å². The predicted octanol–water partition coefficient (Wildman–Crippen LogP) is 3.45. The molecule has 1 fully saturated rings. The fraction of sp³-hybridized carbons (Fsp3) is 0.308. The van der Waals surface area contributed by atoms with Crippen LogP contribution in [0, 0.1) is 0 Å². The van der Waals surface area contributed by atoms with E-state index < -0.39 is 0 Å². The summed E-state index contributed by atoms with van der Waals surface area (Å²) in [6.07, 6.45) is 2.21. The second-order valence-electron chi connectivity index (χ2n) is 4.20. The molecule has 3 heteroatoms. The van der Waals surface area contributed by atoms with E-state index in [2.05, 4.69) is 34.7 Å². The van der Waals surface area contributed by atoms with Crippen molar-refractivity contribution in [1.82, 2.24) is 4.98 Å². The molecule has 3 rings (SSSR count). The van der Waals surface area contributed by atoms with Gasteiger partial charge < -0.3 is 4.90 Å². The third kappa shape index (κ3) is 1.71. The Labute approximate surface area is 99.2 Å². The molecule has 0 amide bonds. The molecule has 1 aromatic heterocycles. The van der Waals surface area contributed by atoms with Gasteiger partial charge in [0.25, 0.3) is 0 Å². The van der Waals surface area contributed by atoms with E-state index in [1.54, 1.807) is 11.3 Å². The zero-order valence-electron chi connectivity index (χ0n) is 9.15. The number of piperidine rings is 1. The van der Waals surface area contributed by atoms with E-state index in [0.29, 0.717) is 0 Å². The highest BCUT2D eigenvalue weighted by molar-refractivity contribution is 7.22. The van der Waals surface area contributed by atoms with Gasteiger partial charge in [-0.3, -0.25) is 0 Å². The highest BCUT2D eigenvalue weighted by atomic mass is 32.1. The van der Waals surface area contributed by atoms with Crippen molar-refractivity contribution >= 4 is 26.7 Å². The van der Waals surface area contributed by atoms with Gasteiger partial charge in [0.1, 0.15) is 0 Å². The Morgan fingerprint density at radius 1 is 1.19 bits per heavy atom. The van der Waals surface area contributed by atoms with Crippen molar-refractivity contribution in [3.05, 3.63) is 36.4 Å². The summed E-state index contributed by atoms with van der Waals surface area (Å²) < 4.78 is 1.28. The van der Waals surface area contributed by atoms with Gasteiger partial charge in [-0.1, -0.05) is 35.6 Å². The van der Waals surface area contributed by atoms with Crippen molar-refractivity contribution in [2.24, 2.45) is 0 Å². The Hall–Kier alpha value is -1.35. The minimum atomic E-state index is 1.07. The number of benzene rings is 1. The number of rotatable bonds is 1. The first-order valence-electron chi connectivity index (χ1n) is 5.60. The molecule has 82 valence electrons. The molecule has 0 atom stereocenters. The van der Waals surface area contributed by atoms with Crippen LogP contribution in [0.2, 0.25) is 0 Å². The maximum Gasteiger partial charge on any atom is 0.186 e. The summed E-state index contributed by atoms with van der Waals surface area (Å²) >= 11 is 1.79. The Bertz CT molecular complexity index is 486. The number of para-hydroxylation sites is 1. The average molecular weight is 230 g/mol. The lowest BCUT2D eigenvalue weighted by molar-refractivity contribution is 0.686.